The minimum atomic E-state index is -0.0464. The second kappa shape index (κ2) is 5.80. The van der Waals surface area contributed by atoms with Crippen LogP contribution in [0.25, 0.3) is 0 Å². The van der Waals surface area contributed by atoms with Crippen LogP contribution in [0.15, 0.2) is 18.2 Å². The summed E-state index contributed by atoms with van der Waals surface area (Å²) in [5, 5.41) is 3.39. The monoisotopic (exact) mass is 281 g/mol. The molecule has 0 saturated carbocycles. The van der Waals surface area contributed by atoms with Crippen molar-refractivity contribution in [3.63, 3.8) is 0 Å². The molecule has 1 aliphatic rings. The van der Waals surface area contributed by atoms with E-state index in [0.29, 0.717) is 34.9 Å². The molecule has 3 N–H and O–H groups in total. The highest BCUT2D eigenvalue weighted by molar-refractivity contribution is 6.31. The van der Waals surface area contributed by atoms with Gasteiger partial charge in [-0.2, -0.15) is 0 Å². The number of nitrogen functional groups attached to an aromatic ring is 1. The number of carbonyl (C=O) groups excluding carboxylic acids is 1. The number of nitrogens with zero attached hydrogens (tertiary/aromatic N) is 1. The lowest BCUT2D eigenvalue weighted by Crippen LogP contribution is -2.35. The van der Waals surface area contributed by atoms with Gasteiger partial charge in [0.2, 0.25) is 5.91 Å². The molecular formula is C14H20ClN3O. The van der Waals surface area contributed by atoms with Crippen molar-refractivity contribution >= 4 is 28.9 Å². The number of nitrogens with one attached hydrogen (secondary N) is 1. The third-order valence-electron chi connectivity index (χ3n) is 3.55. The molecule has 1 heterocycles. The van der Waals surface area contributed by atoms with E-state index in [4.69, 9.17) is 17.3 Å². The summed E-state index contributed by atoms with van der Waals surface area (Å²) in [5.41, 5.74) is 6.92. The van der Waals surface area contributed by atoms with Gasteiger partial charge in [-0.05, 0) is 37.5 Å². The molecule has 2 atom stereocenters. The normalized spacial score (nSPS) is 23.5. The molecule has 1 saturated heterocycles. The Morgan fingerprint density at radius 3 is 2.89 bits per heavy atom. The lowest BCUT2D eigenvalue weighted by atomic mass is 10.1. The average Bonchev–Trinajstić information content (AvgIpc) is 2.62. The maximum absolute atomic E-state index is 12.0. The number of benzene rings is 1. The van der Waals surface area contributed by atoms with Crippen molar-refractivity contribution in [1.82, 2.24) is 4.90 Å². The number of nitrogens with two attached hydrogens (primary N) is 1. The van der Waals surface area contributed by atoms with Crippen molar-refractivity contribution < 1.29 is 4.79 Å². The van der Waals surface area contributed by atoms with Gasteiger partial charge in [-0.25, -0.2) is 0 Å². The van der Waals surface area contributed by atoms with Crippen LogP contribution in [0, 0.1) is 5.92 Å². The topological polar surface area (TPSA) is 58.4 Å². The Morgan fingerprint density at radius 2 is 2.26 bits per heavy atom. The van der Waals surface area contributed by atoms with Crippen LogP contribution in [-0.2, 0) is 4.79 Å². The summed E-state index contributed by atoms with van der Waals surface area (Å²) in [4.78, 5) is 14.2. The molecule has 1 amide bonds. The third-order valence-corrected chi connectivity index (χ3v) is 3.78. The third kappa shape index (κ3) is 3.61. The van der Waals surface area contributed by atoms with E-state index in [1.54, 1.807) is 18.2 Å². The Morgan fingerprint density at radius 1 is 1.53 bits per heavy atom. The minimum Gasteiger partial charge on any atom is -0.397 e. The number of likely N-dealkylation sites (tertiary alicyclic amines) is 1. The first-order valence-electron chi connectivity index (χ1n) is 6.54. The van der Waals surface area contributed by atoms with E-state index >= 15 is 0 Å². The van der Waals surface area contributed by atoms with Gasteiger partial charge in [0.15, 0.2) is 0 Å². The highest BCUT2D eigenvalue weighted by atomic mass is 35.5. The zero-order valence-electron chi connectivity index (χ0n) is 11.3. The van der Waals surface area contributed by atoms with Crippen molar-refractivity contribution in [1.29, 1.82) is 0 Å². The van der Waals surface area contributed by atoms with E-state index in [2.05, 4.69) is 24.1 Å². The molecule has 19 heavy (non-hydrogen) atoms. The van der Waals surface area contributed by atoms with Gasteiger partial charge in [-0.15, -0.1) is 0 Å². The van der Waals surface area contributed by atoms with Crippen LogP contribution < -0.4 is 11.1 Å². The van der Waals surface area contributed by atoms with Crippen LogP contribution in [0.5, 0.6) is 0 Å². The summed E-state index contributed by atoms with van der Waals surface area (Å²) < 4.78 is 0. The van der Waals surface area contributed by atoms with Crippen LogP contribution in [0.2, 0.25) is 5.02 Å². The molecule has 0 aliphatic carbocycles. The highest BCUT2D eigenvalue weighted by Gasteiger charge is 2.27. The second-order valence-electron chi connectivity index (χ2n) is 5.40. The number of carbonyl (C=O) groups is 1. The first-order valence-corrected chi connectivity index (χ1v) is 6.92. The fourth-order valence-electron chi connectivity index (χ4n) is 2.62. The molecule has 0 radical (unpaired) electrons. The lowest BCUT2D eigenvalue weighted by molar-refractivity contribution is -0.117. The average molecular weight is 282 g/mol. The molecule has 104 valence electrons. The lowest BCUT2D eigenvalue weighted by Gasteiger charge is -2.20. The van der Waals surface area contributed by atoms with Gasteiger partial charge >= 0.3 is 0 Å². The van der Waals surface area contributed by atoms with E-state index in [-0.39, 0.29) is 5.91 Å². The standard InChI is InChI=1S/C14H20ClN3O/c1-9-5-10(2)18(7-9)8-14(19)17-13-6-11(15)3-4-12(13)16/h3-4,6,9-10H,5,7-8,16H2,1-2H3,(H,17,19). The maximum atomic E-state index is 12.0. The minimum absolute atomic E-state index is 0.0464. The predicted octanol–water partition coefficient (Wildman–Crippen LogP) is 2.59. The van der Waals surface area contributed by atoms with E-state index in [1.165, 1.54) is 0 Å². The van der Waals surface area contributed by atoms with Gasteiger partial charge in [-0.3, -0.25) is 9.69 Å². The van der Waals surface area contributed by atoms with Crippen molar-refractivity contribution in [2.45, 2.75) is 26.3 Å². The van der Waals surface area contributed by atoms with Crippen LogP contribution in [0.4, 0.5) is 11.4 Å². The summed E-state index contributed by atoms with van der Waals surface area (Å²) in [6, 6.07) is 5.53. The van der Waals surface area contributed by atoms with Gasteiger partial charge in [0, 0.05) is 17.6 Å². The van der Waals surface area contributed by atoms with Crippen LogP contribution in [0.3, 0.4) is 0 Å². The zero-order chi connectivity index (χ0) is 14.0. The number of hydrogen-bond donors (Lipinski definition) is 2. The van der Waals surface area contributed by atoms with E-state index in [1.807, 2.05) is 0 Å². The zero-order valence-corrected chi connectivity index (χ0v) is 12.1. The molecule has 5 heteroatoms. The van der Waals surface area contributed by atoms with E-state index < -0.39 is 0 Å². The van der Waals surface area contributed by atoms with Crippen molar-refractivity contribution in [2.75, 3.05) is 24.1 Å². The van der Waals surface area contributed by atoms with E-state index in [0.717, 1.165) is 13.0 Å². The molecule has 2 rings (SSSR count). The number of rotatable bonds is 3. The molecule has 0 bridgehead atoms. The van der Waals surface area contributed by atoms with Gasteiger partial charge in [-0.1, -0.05) is 18.5 Å². The smallest absolute Gasteiger partial charge is 0.238 e. The maximum Gasteiger partial charge on any atom is 0.238 e. The molecule has 1 aliphatic heterocycles. The molecule has 2 unspecified atom stereocenters. The molecule has 0 aromatic heterocycles. The van der Waals surface area contributed by atoms with Crippen molar-refractivity contribution in [2.24, 2.45) is 5.92 Å². The highest BCUT2D eigenvalue weighted by Crippen LogP contribution is 2.24. The molecular weight excluding hydrogens is 262 g/mol. The molecule has 1 aromatic rings. The van der Waals surface area contributed by atoms with Crippen molar-refractivity contribution in [3.05, 3.63) is 23.2 Å². The molecule has 1 fully saturated rings. The summed E-state index contributed by atoms with van der Waals surface area (Å²) in [7, 11) is 0. The Bertz CT molecular complexity index is 478. The number of hydrogen-bond acceptors (Lipinski definition) is 3. The summed E-state index contributed by atoms with van der Waals surface area (Å²) in [6.45, 7) is 5.74. The molecule has 1 aromatic carbocycles. The predicted molar refractivity (Wildman–Crippen MR) is 79.3 cm³/mol. The number of amides is 1. The van der Waals surface area contributed by atoms with Gasteiger partial charge in [0.05, 0.1) is 17.9 Å². The summed E-state index contributed by atoms with van der Waals surface area (Å²) in [6.07, 6.45) is 1.15. The van der Waals surface area contributed by atoms with E-state index in [9.17, 15) is 4.79 Å². The first kappa shape index (κ1) is 14.2. The summed E-state index contributed by atoms with van der Waals surface area (Å²) in [5.74, 6) is 0.606. The Kier molecular flexibility index (Phi) is 4.32. The summed E-state index contributed by atoms with van der Waals surface area (Å²) >= 11 is 5.90. The Balaban J connectivity index is 1.96. The second-order valence-corrected chi connectivity index (χ2v) is 5.84. The van der Waals surface area contributed by atoms with Crippen LogP contribution >= 0.6 is 11.6 Å². The van der Waals surface area contributed by atoms with Gasteiger partial charge in [0.1, 0.15) is 0 Å². The fourth-order valence-corrected chi connectivity index (χ4v) is 2.79. The van der Waals surface area contributed by atoms with Crippen LogP contribution in [0.1, 0.15) is 20.3 Å². The molecule has 4 nitrogen and oxygen atoms in total. The number of halogens is 1. The number of anilines is 2. The SMILES string of the molecule is CC1CC(C)N(CC(=O)Nc2cc(Cl)ccc2N)C1. The Labute approximate surface area is 118 Å². The molecule has 0 spiro atoms. The van der Waals surface area contributed by atoms with Gasteiger partial charge in [0.25, 0.3) is 0 Å². The quantitative estimate of drug-likeness (QED) is 0.837. The first-order chi connectivity index (χ1) is 8.95. The Hall–Kier alpha value is -1.26. The fraction of sp³-hybridized carbons (Fsp3) is 0.500. The van der Waals surface area contributed by atoms with Crippen molar-refractivity contribution in [3.8, 4) is 0 Å². The van der Waals surface area contributed by atoms with Crippen LogP contribution in [-0.4, -0.2) is 29.9 Å². The van der Waals surface area contributed by atoms with Gasteiger partial charge < -0.3 is 11.1 Å². The largest absolute Gasteiger partial charge is 0.397 e.